The van der Waals surface area contributed by atoms with Crippen molar-refractivity contribution in [2.75, 3.05) is 19.7 Å². The molecule has 0 bridgehead atoms. The van der Waals surface area contributed by atoms with E-state index >= 15 is 0 Å². The van der Waals surface area contributed by atoms with Gasteiger partial charge in [0.15, 0.2) is 6.29 Å². The topological polar surface area (TPSA) is 67.8 Å². The molecule has 16 heavy (non-hydrogen) atoms. The van der Waals surface area contributed by atoms with Gasteiger partial charge in [-0.1, -0.05) is 0 Å². The Morgan fingerprint density at radius 3 is 3.06 bits per heavy atom. The van der Waals surface area contributed by atoms with E-state index in [-0.39, 0.29) is 18.8 Å². The predicted octanol–water partition coefficient (Wildman–Crippen LogP) is 0.592. The van der Waals surface area contributed by atoms with E-state index in [1.54, 1.807) is 0 Å². The smallest absolute Gasteiger partial charge is 0.303 e. The maximum absolute atomic E-state index is 10.4. The van der Waals surface area contributed by atoms with Crippen LogP contribution in [0.15, 0.2) is 0 Å². The van der Waals surface area contributed by atoms with Gasteiger partial charge in [0, 0.05) is 12.8 Å². The second-order valence-corrected chi connectivity index (χ2v) is 4.55. The van der Waals surface area contributed by atoms with Crippen molar-refractivity contribution in [3.05, 3.63) is 0 Å². The van der Waals surface area contributed by atoms with Gasteiger partial charge >= 0.3 is 5.97 Å². The number of hydrogen-bond acceptors (Lipinski definition) is 4. The number of ether oxygens (including phenoxy) is 2. The fraction of sp³-hybridized carbons (Fsp3) is 0.909. The Bertz CT molecular complexity index is 240. The molecule has 0 aromatic carbocycles. The Labute approximate surface area is 95.1 Å². The zero-order valence-electron chi connectivity index (χ0n) is 9.35. The van der Waals surface area contributed by atoms with Crippen LogP contribution in [0.1, 0.15) is 25.7 Å². The van der Waals surface area contributed by atoms with Crippen molar-refractivity contribution < 1.29 is 19.4 Å². The number of carboxylic acids is 1. The van der Waals surface area contributed by atoms with E-state index < -0.39 is 5.97 Å². The lowest BCUT2D eigenvalue weighted by Gasteiger charge is -2.14. The first-order valence-electron chi connectivity index (χ1n) is 5.93. The molecule has 0 aliphatic carbocycles. The summed E-state index contributed by atoms with van der Waals surface area (Å²) in [4.78, 5) is 10.4. The summed E-state index contributed by atoms with van der Waals surface area (Å²) in [5.41, 5.74) is 0. The van der Waals surface area contributed by atoms with Gasteiger partial charge in [-0.05, 0) is 31.8 Å². The summed E-state index contributed by atoms with van der Waals surface area (Å²) in [7, 11) is 0. The third kappa shape index (κ3) is 3.43. The minimum atomic E-state index is -0.771. The summed E-state index contributed by atoms with van der Waals surface area (Å²) in [5.74, 6) is -0.129. The first-order chi connectivity index (χ1) is 7.74. The van der Waals surface area contributed by atoms with Crippen LogP contribution in [0, 0.1) is 5.92 Å². The normalized spacial score (nSPS) is 34.4. The van der Waals surface area contributed by atoms with Crippen LogP contribution in [0.25, 0.3) is 0 Å². The van der Waals surface area contributed by atoms with Gasteiger partial charge in [-0.25, -0.2) is 0 Å². The van der Waals surface area contributed by atoms with Crippen LogP contribution in [0.3, 0.4) is 0 Å². The zero-order valence-corrected chi connectivity index (χ0v) is 9.35. The van der Waals surface area contributed by atoms with E-state index in [1.165, 1.54) is 6.42 Å². The van der Waals surface area contributed by atoms with Gasteiger partial charge in [0.25, 0.3) is 0 Å². The molecule has 2 heterocycles. The number of carbonyl (C=O) groups is 1. The van der Waals surface area contributed by atoms with Crippen LogP contribution in [0.2, 0.25) is 0 Å². The first-order valence-corrected chi connectivity index (χ1v) is 5.93. The fourth-order valence-electron chi connectivity index (χ4n) is 2.26. The molecule has 2 rings (SSSR count). The molecule has 0 aromatic heterocycles. The average Bonchev–Trinajstić information content (AvgIpc) is 2.87. The Kier molecular flexibility index (Phi) is 4.15. The quantitative estimate of drug-likeness (QED) is 0.722. The molecule has 2 fully saturated rings. The van der Waals surface area contributed by atoms with Crippen LogP contribution in [0.4, 0.5) is 0 Å². The van der Waals surface area contributed by atoms with Crippen LogP contribution >= 0.6 is 0 Å². The van der Waals surface area contributed by atoms with Gasteiger partial charge in [-0.15, -0.1) is 0 Å². The largest absolute Gasteiger partial charge is 0.481 e. The van der Waals surface area contributed by atoms with E-state index in [4.69, 9.17) is 14.6 Å². The van der Waals surface area contributed by atoms with Crippen LogP contribution in [-0.2, 0) is 14.3 Å². The van der Waals surface area contributed by atoms with Crippen molar-refractivity contribution in [2.24, 2.45) is 5.92 Å². The summed E-state index contributed by atoms with van der Waals surface area (Å²) in [6.07, 6.45) is 2.67. The summed E-state index contributed by atoms with van der Waals surface area (Å²) >= 11 is 0. The molecule has 2 N–H and O–H groups in total. The molecule has 0 aromatic rings. The van der Waals surface area contributed by atoms with Crippen molar-refractivity contribution in [1.82, 2.24) is 5.32 Å². The minimum Gasteiger partial charge on any atom is -0.481 e. The molecule has 2 aliphatic rings. The van der Waals surface area contributed by atoms with Gasteiger partial charge in [-0.2, -0.15) is 0 Å². The third-order valence-corrected chi connectivity index (χ3v) is 3.18. The standard InChI is InChI=1S/C11H19NO4/c13-10(14)2-1-9-7-15-11(16-9)5-8-3-4-12-6-8/h8-9,11-12H,1-7H2,(H,13,14). The van der Waals surface area contributed by atoms with Crippen molar-refractivity contribution in [3.63, 3.8) is 0 Å². The molecule has 2 aliphatic heterocycles. The fourth-order valence-corrected chi connectivity index (χ4v) is 2.26. The van der Waals surface area contributed by atoms with Gasteiger partial charge in [0.05, 0.1) is 12.7 Å². The number of rotatable bonds is 5. The second kappa shape index (κ2) is 5.61. The lowest BCUT2D eigenvalue weighted by molar-refractivity contribution is -0.138. The third-order valence-electron chi connectivity index (χ3n) is 3.18. The van der Waals surface area contributed by atoms with Gasteiger partial charge in [-0.3, -0.25) is 4.79 Å². The molecule has 0 saturated carbocycles. The van der Waals surface area contributed by atoms with Crippen molar-refractivity contribution in [1.29, 1.82) is 0 Å². The highest BCUT2D eigenvalue weighted by molar-refractivity contribution is 5.66. The summed E-state index contributed by atoms with van der Waals surface area (Å²) in [5, 5.41) is 11.9. The van der Waals surface area contributed by atoms with Crippen molar-refractivity contribution in [2.45, 2.75) is 38.1 Å². The molecular formula is C11H19NO4. The zero-order chi connectivity index (χ0) is 11.4. The highest BCUT2D eigenvalue weighted by Gasteiger charge is 2.29. The van der Waals surface area contributed by atoms with E-state index in [2.05, 4.69) is 5.32 Å². The summed E-state index contributed by atoms with van der Waals surface area (Å²) in [6, 6.07) is 0. The Hall–Kier alpha value is -0.650. The molecule has 0 radical (unpaired) electrons. The van der Waals surface area contributed by atoms with Crippen LogP contribution < -0.4 is 5.32 Å². The maximum Gasteiger partial charge on any atom is 0.303 e. The highest BCUT2D eigenvalue weighted by Crippen LogP contribution is 2.23. The molecule has 0 amide bonds. The van der Waals surface area contributed by atoms with E-state index in [0.29, 0.717) is 18.9 Å². The van der Waals surface area contributed by atoms with Crippen LogP contribution in [-0.4, -0.2) is 43.2 Å². The van der Waals surface area contributed by atoms with E-state index in [0.717, 1.165) is 19.5 Å². The number of nitrogens with one attached hydrogen (secondary N) is 1. The summed E-state index contributed by atoms with van der Waals surface area (Å²) in [6.45, 7) is 2.67. The molecule has 3 atom stereocenters. The lowest BCUT2D eigenvalue weighted by atomic mass is 10.1. The van der Waals surface area contributed by atoms with Gasteiger partial charge < -0.3 is 19.9 Å². The van der Waals surface area contributed by atoms with E-state index in [1.807, 2.05) is 0 Å². The molecule has 0 spiro atoms. The monoisotopic (exact) mass is 229 g/mol. The molecule has 5 heteroatoms. The van der Waals surface area contributed by atoms with Crippen molar-refractivity contribution in [3.8, 4) is 0 Å². The molecule has 5 nitrogen and oxygen atoms in total. The SMILES string of the molecule is O=C(O)CCC1COC(CC2CCNC2)O1. The van der Waals surface area contributed by atoms with Gasteiger partial charge in [0.2, 0.25) is 0 Å². The molecular weight excluding hydrogens is 210 g/mol. The maximum atomic E-state index is 10.4. The number of aliphatic carboxylic acids is 1. The Balaban J connectivity index is 1.64. The lowest BCUT2D eigenvalue weighted by Crippen LogP contribution is -2.18. The minimum absolute atomic E-state index is 0.0320. The molecule has 3 unspecified atom stereocenters. The molecule has 92 valence electrons. The second-order valence-electron chi connectivity index (χ2n) is 4.55. The Morgan fingerprint density at radius 2 is 2.38 bits per heavy atom. The predicted molar refractivity (Wildman–Crippen MR) is 57.1 cm³/mol. The molecule has 2 saturated heterocycles. The summed E-state index contributed by atoms with van der Waals surface area (Å²) < 4.78 is 11.2. The Morgan fingerprint density at radius 1 is 1.50 bits per heavy atom. The highest BCUT2D eigenvalue weighted by atomic mass is 16.7. The van der Waals surface area contributed by atoms with Gasteiger partial charge in [0.1, 0.15) is 0 Å². The first kappa shape index (κ1) is 11.8. The number of carboxylic acid groups (broad SMARTS) is 1. The van der Waals surface area contributed by atoms with E-state index in [9.17, 15) is 4.79 Å². The van der Waals surface area contributed by atoms with Crippen molar-refractivity contribution >= 4 is 5.97 Å². The number of hydrogen-bond donors (Lipinski definition) is 2. The average molecular weight is 229 g/mol. The van der Waals surface area contributed by atoms with Crippen LogP contribution in [0.5, 0.6) is 0 Å².